The maximum absolute atomic E-state index is 5.64. The lowest BCUT2D eigenvalue weighted by Gasteiger charge is -2.21. The summed E-state index contributed by atoms with van der Waals surface area (Å²) in [6.45, 7) is 3.01. The van der Waals surface area contributed by atoms with Gasteiger partial charge in [-0.3, -0.25) is 0 Å². The van der Waals surface area contributed by atoms with Crippen molar-refractivity contribution in [3.05, 3.63) is 51.7 Å². The van der Waals surface area contributed by atoms with Crippen LogP contribution in [0.3, 0.4) is 0 Å². The fourth-order valence-electron chi connectivity index (χ4n) is 1.96. The molecule has 0 saturated heterocycles. The van der Waals surface area contributed by atoms with Gasteiger partial charge in [-0.1, -0.05) is 18.3 Å². The highest BCUT2D eigenvalue weighted by Gasteiger charge is 2.07. The van der Waals surface area contributed by atoms with Gasteiger partial charge in [0, 0.05) is 23.2 Å². The van der Waals surface area contributed by atoms with Gasteiger partial charge in [-0.15, -0.1) is 11.3 Å². The van der Waals surface area contributed by atoms with Gasteiger partial charge >= 0.3 is 0 Å². The van der Waals surface area contributed by atoms with Crippen LogP contribution in [0.15, 0.2) is 35.7 Å². The van der Waals surface area contributed by atoms with Gasteiger partial charge < -0.3 is 10.6 Å². The molecule has 1 heterocycles. The monoisotopic (exact) mass is 276 g/mol. The molecule has 0 aliphatic carbocycles. The molecule has 0 spiro atoms. The van der Waals surface area contributed by atoms with Crippen LogP contribution in [0.1, 0.15) is 16.0 Å². The Morgan fingerprint density at radius 1 is 1.39 bits per heavy atom. The average Bonchev–Trinajstić information content (AvgIpc) is 2.81. The number of nitrogens with two attached hydrogens (primary N) is 1. The predicted octanol–water partition coefficient (Wildman–Crippen LogP) is 3.33. The van der Waals surface area contributed by atoms with Crippen molar-refractivity contribution in [3.8, 4) is 0 Å². The SMILES string of the molecule is Cc1cc(C(N)=S)ccc1N(C)Cc1cccs1. The highest BCUT2D eigenvalue weighted by molar-refractivity contribution is 7.80. The van der Waals surface area contributed by atoms with E-state index in [2.05, 4.69) is 42.5 Å². The molecule has 2 aromatic rings. The first kappa shape index (κ1) is 13.1. The number of benzene rings is 1. The molecule has 0 radical (unpaired) electrons. The minimum Gasteiger partial charge on any atom is -0.389 e. The first-order valence-corrected chi connectivity index (χ1v) is 7.00. The van der Waals surface area contributed by atoms with Gasteiger partial charge in [0.05, 0.1) is 6.54 Å². The molecule has 0 fully saturated rings. The van der Waals surface area contributed by atoms with Crippen LogP contribution in [0.25, 0.3) is 0 Å². The lowest BCUT2D eigenvalue weighted by molar-refractivity contribution is 0.934. The second kappa shape index (κ2) is 5.50. The van der Waals surface area contributed by atoms with Crippen LogP contribution in [-0.2, 0) is 6.54 Å². The Kier molecular flexibility index (Phi) is 3.99. The third-order valence-corrected chi connectivity index (χ3v) is 3.96. The van der Waals surface area contributed by atoms with Gasteiger partial charge in [-0.05, 0) is 42.1 Å². The zero-order chi connectivity index (χ0) is 13.1. The number of rotatable bonds is 4. The van der Waals surface area contributed by atoms with Crippen molar-refractivity contribution in [1.82, 2.24) is 0 Å². The number of nitrogens with zero attached hydrogens (tertiary/aromatic N) is 1. The molecule has 0 saturated carbocycles. The van der Waals surface area contributed by atoms with Crippen LogP contribution < -0.4 is 10.6 Å². The zero-order valence-electron chi connectivity index (χ0n) is 10.5. The molecule has 0 bridgehead atoms. The molecule has 0 atom stereocenters. The summed E-state index contributed by atoms with van der Waals surface area (Å²) in [6, 6.07) is 10.3. The van der Waals surface area contributed by atoms with Gasteiger partial charge in [0.1, 0.15) is 4.99 Å². The Morgan fingerprint density at radius 3 is 2.72 bits per heavy atom. The van der Waals surface area contributed by atoms with E-state index in [1.807, 2.05) is 12.1 Å². The third-order valence-electron chi connectivity index (χ3n) is 2.87. The lowest BCUT2D eigenvalue weighted by Crippen LogP contribution is -2.17. The predicted molar refractivity (Wildman–Crippen MR) is 83.5 cm³/mol. The van der Waals surface area contributed by atoms with Gasteiger partial charge in [-0.25, -0.2) is 0 Å². The molecule has 0 aliphatic rings. The van der Waals surface area contributed by atoms with E-state index in [0.717, 1.165) is 12.1 Å². The fourth-order valence-corrected chi connectivity index (χ4v) is 2.84. The third kappa shape index (κ3) is 2.89. The van der Waals surface area contributed by atoms with E-state index < -0.39 is 0 Å². The standard InChI is InChI=1S/C14H16N2S2/c1-10-8-11(14(15)17)5-6-13(10)16(2)9-12-4-3-7-18-12/h3-8H,9H2,1-2H3,(H2,15,17). The molecule has 0 amide bonds. The van der Waals surface area contributed by atoms with Crippen LogP contribution in [0.4, 0.5) is 5.69 Å². The van der Waals surface area contributed by atoms with E-state index in [1.54, 1.807) is 11.3 Å². The zero-order valence-corrected chi connectivity index (χ0v) is 12.1. The summed E-state index contributed by atoms with van der Waals surface area (Å²) in [5, 5.41) is 2.10. The molecule has 1 aromatic heterocycles. The van der Waals surface area contributed by atoms with Crippen LogP contribution in [0, 0.1) is 6.92 Å². The highest BCUT2D eigenvalue weighted by atomic mass is 32.1. The van der Waals surface area contributed by atoms with Crippen LogP contribution in [0.2, 0.25) is 0 Å². The van der Waals surface area contributed by atoms with E-state index in [1.165, 1.54) is 16.1 Å². The Morgan fingerprint density at radius 2 is 2.17 bits per heavy atom. The van der Waals surface area contributed by atoms with Crippen LogP contribution in [-0.4, -0.2) is 12.0 Å². The van der Waals surface area contributed by atoms with Crippen molar-refractivity contribution in [1.29, 1.82) is 0 Å². The molecule has 94 valence electrons. The lowest BCUT2D eigenvalue weighted by atomic mass is 10.1. The molecule has 2 nitrogen and oxygen atoms in total. The highest BCUT2D eigenvalue weighted by Crippen LogP contribution is 2.23. The maximum atomic E-state index is 5.64. The van der Waals surface area contributed by atoms with Crippen molar-refractivity contribution in [2.45, 2.75) is 13.5 Å². The van der Waals surface area contributed by atoms with Gasteiger partial charge in [-0.2, -0.15) is 0 Å². The number of thiophene rings is 1. The van der Waals surface area contributed by atoms with Gasteiger partial charge in [0.25, 0.3) is 0 Å². The van der Waals surface area contributed by atoms with E-state index in [-0.39, 0.29) is 0 Å². The molecular formula is C14H16N2S2. The van der Waals surface area contributed by atoms with Gasteiger partial charge in [0.15, 0.2) is 0 Å². The van der Waals surface area contributed by atoms with Gasteiger partial charge in [0.2, 0.25) is 0 Å². The minimum atomic E-state index is 0.450. The number of aryl methyl sites for hydroxylation is 1. The molecular weight excluding hydrogens is 260 g/mol. The molecule has 0 aliphatic heterocycles. The second-order valence-corrected chi connectivity index (χ2v) is 5.77. The van der Waals surface area contributed by atoms with Crippen molar-refractivity contribution in [3.63, 3.8) is 0 Å². The molecule has 0 unspecified atom stereocenters. The summed E-state index contributed by atoms with van der Waals surface area (Å²) in [7, 11) is 2.10. The topological polar surface area (TPSA) is 29.3 Å². The molecule has 2 N–H and O–H groups in total. The van der Waals surface area contributed by atoms with Crippen molar-refractivity contribution >= 4 is 34.2 Å². The van der Waals surface area contributed by atoms with E-state index >= 15 is 0 Å². The normalized spacial score (nSPS) is 10.3. The molecule has 18 heavy (non-hydrogen) atoms. The van der Waals surface area contributed by atoms with Crippen molar-refractivity contribution in [2.24, 2.45) is 5.73 Å². The maximum Gasteiger partial charge on any atom is 0.103 e. The van der Waals surface area contributed by atoms with E-state index in [9.17, 15) is 0 Å². The van der Waals surface area contributed by atoms with Crippen LogP contribution in [0.5, 0.6) is 0 Å². The number of thiocarbonyl (C=S) groups is 1. The molecule has 2 rings (SSSR count). The summed E-state index contributed by atoms with van der Waals surface area (Å²) in [6.07, 6.45) is 0. The molecule has 4 heteroatoms. The van der Waals surface area contributed by atoms with Crippen LogP contribution >= 0.6 is 23.6 Å². The average molecular weight is 276 g/mol. The Labute approximate surface area is 117 Å². The number of anilines is 1. The summed E-state index contributed by atoms with van der Waals surface area (Å²) in [5.41, 5.74) is 8.97. The summed E-state index contributed by atoms with van der Waals surface area (Å²) >= 11 is 6.77. The number of hydrogen-bond acceptors (Lipinski definition) is 3. The van der Waals surface area contributed by atoms with E-state index in [4.69, 9.17) is 18.0 Å². The number of hydrogen-bond donors (Lipinski definition) is 1. The summed E-state index contributed by atoms with van der Waals surface area (Å²) < 4.78 is 0. The quantitative estimate of drug-likeness (QED) is 0.869. The first-order chi connectivity index (χ1) is 8.58. The Bertz CT molecular complexity index is 547. The fraction of sp³-hybridized carbons (Fsp3) is 0.214. The summed E-state index contributed by atoms with van der Waals surface area (Å²) in [5.74, 6) is 0. The smallest absolute Gasteiger partial charge is 0.103 e. The van der Waals surface area contributed by atoms with Crippen molar-refractivity contribution < 1.29 is 0 Å². The minimum absolute atomic E-state index is 0.450. The summed E-state index contributed by atoms with van der Waals surface area (Å²) in [4.78, 5) is 4.05. The van der Waals surface area contributed by atoms with E-state index in [0.29, 0.717) is 4.99 Å². The largest absolute Gasteiger partial charge is 0.389 e. The molecule has 1 aromatic carbocycles. The van der Waals surface area contributed by atoms with Crippen molar-refractivity contribution in [2.75, 3.05) is 11.9 Å². The Balaban J connectivity index is 2.20. The Hall–Kier alpha value is -1.39. The first-order valence-electron chi connectivity index (χ1n) is 5.72. The second-order valence-electron chi connectivity index (χ2n) is 4.30.